The first-order chi connectivity index (χ1) is 11.4. The second kappa shape index (κ2) is 8.75. The van der Waals surface area contributed by atoms with Crippen LogP contribution in [0.1, 0.15) is 39.5 Å². The summed E-state index contributed by atoms with van der Waals surface area (Å²) >= 11 is 12.5. The first-order valence-electron chi connectivity index (χ1n) is 8.02. The van der Waals surface area contributed by atoms with Crippen molar-refractivity contribution in [2.45, 2.75) is 50.0 Å². The van der Waals surface area contributed by atoms with Crippen LogP contribution in [0.3, 0.4) is 0 Å². The molecule has 0 radical (unpaired) electrons. The van der Waals surface area contributed by atoms with E-state index in [4.69, 9.17) is 23.2 Å². The van der Waals surface area contributed by atoms with Crippen molar-refractivity contribution in [2.75, 3.05) is 13.1 Å². The summed E-state index contributed by atoms with van der Waals surface area (Å²) in [5.41, 5.74) is 0. The van der Waals surface area contributed by atoms with Crippen LogP contribution in [0.2, 0.25) is 0 Å². The molecule has 2 unspecified atom stereocenters. The molecule has 0 aromatic heterocycles. The molecule has 2 aliphatic heterocycles. The molecule has 2 aliphatic rings. The van der Waals surface area contributed by atoms with Gasteiger partial charge in [0.05, 0.1) is 6.34 Å². The van der Waals surface area contributed by atoms with Gasteiger partial charge in [0, 0.05) is 13.1 Å². The predicted molar refractivity (Wildman–Crippen MR) is 101 cm³/mol. The molecule has 0 aromatic rings. The van der Waals surface area contributed by atoms with Crippen molar-refractivity contribution in [3.8, 4) is 0 Å². The topological polar surface area (TPSA) is 97.6 Å². The Balaban J connectivity index is 1.52. The molecule has 2 rings (SSSR count). The van der Waals surface area contributed by atoms with Crippen LogP contribution in [0, 0.1) is 0 Å². The molecule has 0 aliphatic carbocycles. The molecule has 0 bridgehead atoms. The summed E-state index contributed by atoms with van der Waals surface area (Å²) in [7, 11) is 0. The molecule has 2 heterocycles. The number of hydrogen-bond donors (Lipinski definition) is 4. The Bertz CT molecular complexity index is 547. The molecule has 8 nitrogen and oxygen atoms in total. The first-order valence-corrected chi connectivity index (χ1v) is 8.77. The summed E-state index contributed by atoms with van der Waals surface area (Å²) in [5.74, 6) is 1.49. The van der Waals surface area contributed by atoms with E-state index in [0.717, 1.165) is 50.4 Å². The van der Waals surface area contributed by atoms with Gasteiger partial charge in [-0.05, 0) is 38.3 Å². The minimum atomic E-state index is -1.06. The highest BCUT2D eigenvalue weighted by Gasteiger charge is 2.27. The van der Waals surface area contributed by atoms with Crippen molar-refractivity contribution in [3.63, 3.8) is 0 Å². The highest BCUT2D eigenvalue weighted by molar-refractivity contribution is 6.25. The number of unbranched alkanes of at least 4 members (excludes halogenated alkanes) is 3. The van der Waals surface area contributed by atoms with Crippen molar-refractivity contribution in [3.05, 3.63) is 0 Å². The second-order valence-corrected chi connectivity index (χ2v) is 6.73. The molecule has 0 fully saturated rings. The number of aliphatic imine (C=N–C) groups is 4. The molecule has 10 heteroatoms. The average Bonchev–Trinajstić information content (AvgIpc) is 2.49. The number of alkyl halides is 2. The number of halogens is 2. The van der Waals surface area contributed by atoms with Gasteiger partial charge in [0.25, 0.3) is 10.5 Å². The Kier molecular flexibility index (Phi) is 6.97. The molecule has 2 atom stereocenters. The van der Waals surface area contributed by atoms with E-state index in [0.29, 0.717) is 0 Å². The van der Waals surface area contributed by atoms with Gasteiger partial charge in [0.15, 0.2) is 0 Å². The van der Waals surface area contributed by atoms with Crippen molar-refractivity contribution in [1.82, 2.24) is 21.3 Å². The van der Waals surface area contributed by atoms with E-state index < -0.39 is 10.5 Å². The Morgan fingerprint density at radius 2 is 1.71 bits per heavy atom. The largest absolute Gasteiger partial charge is 0.335 e. The van der Waals surface area contributed by atoms with E-state index in [-0.39, 0.29) is 0 Å². The Hall–Kier alpha value is -1.22. The molecule has 0 aromatic carbocycles. The Labute approximate surface area is 152 Å². The van der Waals surface area contributed by atoms with Gasteiger partial charge < -0.3 is 10.6 Å². The highest BCUT2D eigenvalue weighted by atomic mass is 35.5. The van der Waals surface area contributed by atoms with Crippen LogP contribution in [0.25, 0.3) is 0 Å². The molecule has 134 valence electrons. The lowest BCUT2D eigenvalue weighted by Crippen LogP contribution is -2.54. The van der Waals surface area contributed by atoms with Crippen LogP contribution in [-0.4, -0.2) is 47.9 Å². The average molecular weight is 375 g/mol. The quantitative estimate of drug-likeness (QED) is 0.279. The van der Waals surface area contributed by atoms with Gasteiger partial charge >= 0.3 is 0 Å². The van der Waals surface area contributed by atoms with E-state index in [1.807, 2.05) is 13.8 Å². The lowest BCUT2D eigenvalue weighted by Gasteiger charge is -2.27. The van der Waals surface area contributed by atoms with E-state index in [1.54, 1.807) is 6.34 Å². The Morgan fingerprint density at radius 1 is 1.00 bits per heavy atom. The zero-order valence-electron chi connectivity index (χ0n) is 13.9. The third kappa shape index (κ3) is 6.35. The van der Waals surface area contributed by atoms with E-state index in [9.17, 15) is 0 Å². The van der Waals surface area contributed by atoms with Gasteiger partial charge in [-0.1, -0.05) is 24.4 Å². The first kappa shape index (κ1) is 19.1. The summed E-state index contributed by atoms with van der Waals surface area (Å²) in [5, 5.41) is 10.2. The summed E-state index contributed by atoms with van der Waals surface area (Å²) in [4.78, 5) is 16.4. The van der Waals surface area contributed by atoms with Crippen LogP contribution in [-0.2, 0) is 0 Å². The van der Waals surface area contributed by atoms with Crippen molar-refractivity contribution < 1.29 is 0 Å². The van der Waals surface area contributed by atoms with Gasteiger partial charge in [-0.3, -0.25) is 10.6 Å². The minimum Gasteiger partial charge on any atom is -0.335 e. The summed E-state index contributed by atoms with van der Waals surface area (Å²) in [6.07, 6.45) is 7.20. The van der Waals surface area contributed by atoms with Gasteiger partial charge in [-0.25, -0.2) is 20.0 Å². The monoisotopic (exact) mass is 374 g/mol. The van der Waals surface area contributed by atoms with Gasteiger partial charge in [0.1, 0.15) is 18.0 Å². The number of rotatable bonds is 9. The van der Waals surface area contributed by atoms with E-state index in [2.05, 4.69) is 41.2 Å². The maximum atomic E-state index is 6.29. The van der Waals surface area contributed by atoms with Crippen molar-refractivity contribution in [1.29, 1.82) is 0 Å². The Morgan fingerprint density at radius 3 is 2.38 bits per heavy atom. The van der Waals surface area contributed by atoms with Crippen LogP contribution >= 0.6 is 23.2 Å². The van der Waals surface area contributed by atoms with Crippen LogP contribution in [0.15, 0.2) is 20.0 Å². The summed E-state index contributed by atoms with van der Waals surface area (Å²) in [6.45, 7) is 5.22. The number of hydrogen-bond acceptors (Lipinski definition) is 8. The van der Waals surface area contributed by atoms with Gasteiger partial charge in [0.2, 0.25) is 0 Å². The highest BCUT2D eigenvalue weighted by Crippen LogP contribution is 2.17. The van der Waals surface area contributed by atoms with Crippen LogP contribution < -0.4 is 21.3 Å². The fourth-order valence-corrected chi connectivity index (χ4v) is 2.82. The molecule has 4 N–H and O–H groups in total. The smallest absolute Gasteiger partial charge is 0.288 e. The lowest BCUT2D eigenvalue weighted by molar-refractivity contribution is 0.425. The lowest BCUT2D eigenvalue weighted by atomic mass is 10.2. The summed E-state index contributed by atoms with van der Waals surface area (Å²) in [6, 6.07) is 0. The minimum absolute atomic E-state index is 0.743. The predicted octanol–water partition coefficient (Wildman–Crippen LogP) is 1.53. The molecule has 0 saturated heterocycles. The van der Waals surface area contributed by atoms with Gasteiger partial charge in [-0.15, -0.1) is 0 Å². The number of nitrogens with zero attached hydrogens (tertiary/aromatic N) is 4. The fourth-order valence-electron chi connectivity index (χ4n) is 2.27. The molecule has 0 spiro atoms. The molecular formula is C14H24Cl2N8. The standard InChI is InChI=1S/C14H24Cl2N8/c1-11-17-9-21-13(15,23-11)19-7-5-3-4-6-8-20-14(16)22-10-18-12(2)24-14/h9-10,19-20H,3-8H2,1-2H3,(H,17,21,23)(H,18,22,24). The third-order valence-corrected chi connectivity index (χ3v) is 4.11. The zero-order chi connectivity index (χ0) is 17.5. The maximum Gasteiger partial charge on any atom is 0.288 e. The van der Waals surface area contributed by atoms with Crippen molar-refractivity contribution >= 4 is 47.6 Å². The number of amidine groups is 2. The molecule has 0 amide bonds. The van der Waals surface area contributed by atoms with Crippen LogP contribution in [0.4, 0.5) is 0 Å². The molecule has 24 heavy (non-hydrogen) atoms. The SMILES string of the molecule is CC1=NC(Cl)(NCCCCCCNC2(Cl)N=CN=C(C)N2)N=CN1. The second-order valence-electron chi connectivity index (χ2n) is 5.66. The van der Waals surface area contributed by atoms with Crippen LogP contribution in [0.5, 0.6) is 0 Å². The van der Waals surface area contributed by atoms with Crippen molar-refractivity contribution in [2.24, 2.45) is 20.0 Å². The van der Waals surface area contributed by atoms with E-state index >= 15 is 0 Å². The van der Waals surface area contributed by atoms with E-state index in [1.165, 1.54) is 6.34 Å². The summed E-state index contributed by atoms with van der Waals surface area (Å²) < 4.78 is 0. The molecule has 0 saturated carbocycles. The zero-order valence-corrected chi connectivity index (χ0v) is 15.5. The maximum absolute atomic E-state index is 6.29. The van der Waals surface area contributed by atoms with Gasteiger partial charge in [-0.2, -0.15) is 0 Å². The molecular weight excluding hydrogens is 351 g/mol. The normalized spacial score (nSPS) is 28.8. The number of nitrogens with one attached hydrogen (secondary N) is 4. The fraction of sp³-hybridized carbons (Fsp3) is 0.714. The third-order valence-electron chi connectivity index (χ3n) is 3.47.